The summed E-state index contributed by atoms with van der Waals surface area (Å²) >= 11 is 0. The first-order valence-corrected chi connectivity index (χ1v) is 12.1. The van der Waals surface area contributed by atoms with Crippen molar-refractivity contribution in [3.8, 4) is 0 Å². The summed E-state index contributed by atoms with van der Waals surface area (Å²) in [6.07, 6.45) is 7.23. The molecule has 0 aromatic heterocycles. The number of nitrogens with one attached hydrogen (secondary N) is 2. The summed E-state index contributed by atoms with van der Waals surface area (Å²) in [5.41, 5.74) is -0.324. The lowest BCUT2D eigenvalue weighted by atomic mass is 9.77. The van der Waals surface area contributed by atoms with E-state index in [-0.39, 0.29) is 48.6 Å². The Balaban J connectivity index is 1.28. The van der Waals surface area contributed by atoms with E-state index in [1.165, 1.54) is 0 Å². The van der Waals surface area contributed by atoms with Gasteiger partial charge in [-0.25, -0.2) is 4.39 Å². The molecule has 7 unspecified atom stereocenters. The van der Waals surface area contributed by atoms with Crippen LogP contribution >= 0.6 is 0 Å². The van der Waals surface area contributed by atoms with Crippen LogP contribution in [0.4, 0.5) is 4.39 Å². The Bertz CT molecular complexity index is 574. The Morgan fingerprint density at radius 3 is 2.53 bits per heavy atom. The van der Waals surface area contributed by atoms with E-state index in [1.54, 1.807) is 0 Å². The van der Waals surface area contributed by atoms with E-state index in [2.05, 4.69) is 22.5 Å². The monoisotopic (exact) mass is 425 g/mol. The number of aliphatic hydroxyl groups is 2. The lowest BCUT2D eigenvalue weighted by Gasteiger charge is -2.45. The molecule has 172 valence electrons. The van der Waals surface area contributed by atoms with Crippen molar-refractivity contribution in [2.45, 2.75) is 95.1 Å². The second kappa shape index (κ2) is 9.39. The molecule has 7 atom stereocenters. The Kier molecular flexibility index (Phi) is 7.02. The molecule has 0 spiro atoms. The smallest absolute Gasteiger partial charge is 0.237 e. The summed E-state index contributed by atoms with van der Waals surface area (Å²) < 4.78 is 14.4. The number of likely N-dealkylation sites (tertiary alicyclic amines) is 1. The number of fused-ring (bicyclic) bond motifs is 1. The Hall–Kier alpha value is -0.760. The predicted molar refractivity (Wildman–Crippen MR) is 114 cm³/mol. The van der Waals surface area contributed by atoms with Gasteiger partial charge in [-0.15, -0.1) is 0 Å². The standard InChI is InChI=1S/C23H40FN3O3/c1-15-5-6-19(24)18-12-20(26-21(15)18)22(30)25-16-3-2-4-17(11-16)27-9-7-23(13-28,14-29)8-10-27/h15-21,26,28-29H,2-14H2,1H3,(H,25,30). The van der Waals surface area contributed by atoms with E-state index < -0.39 is 6.17 Å². The quantitative estimate of drug-likeness (QED) is 0.538. The van der Waals surface area contributed by atoms with Gasteiger partial charge >= 0.3 is 0 Å². The molecule has 2 aliphatic heterocycles. The van der Waals surface area contributed by atoms with E-state index in [0.717, 1.165) is 58.0 Å². The molecule has 2 heterocycles. The number of piperidine rings is 1. The van der Waals surface area contributed by atoms with Crippen LogP contribution in [0.2, 0.25) is 0 Å². The lowest BCUT2D eigenvalue weighted by Crippen LogP contribution is -2.53. The van der Waals surface area contributed by atoms with Gasteiger partial charge in [-0.05, 0) is 76.8 Å². The van der Waals surface area contributed by atoms with Gasteiger partial charge in [0.25, 0.3) is 0 Å². The van der Waals surface area contributed by atoms with Crippen molar-refractivity contribution in [2.24, 2.45) is 17.3 Å². The first kappa shape index (κ1) is 22.4. The highest BCUT2D eigenvalue weighted by molar-refractivity contribution is 5.82. The maximum atomic E-state index is 14.4. The molecule has 4 fully saturated rings. The minimum absolute atomic E-state index is 0.0183. The average Bonchev–Trinajstić information content (AvgIpc) is 3.24. The van der Waals surface area contributed by atoms with Crippen LogP contribution in [-0.2, 0) is 4.79 Å². The fraction of sp³-hybridized carbons (Fsp3) is 0.957. The molecule has 6 nitrogen and oxygen atoms in total. The number of alkyl halides is 1. The van der Waals surface area contributed by atoms with E-state index in [0.29, 0.717) is 24.8 Å². The summed E-state index contributed by atoms with van der Waals surface area (Å²) in [6.45, 7) is 4.07. The largest absolute Gasteiger partial charge is 0.396 e. The fourth-order valence-corrected chi connectivity index (χ4v) is 6.46. The van der Waals surface area contributed by atoms with Crippen LogP contribution in [0.15, 0.2) is 0 Å². The third-order valence-corrected chi connectivity index (χ3v) is 8.69. The van der Waals surface area contributed by atoms with Crippen LogP contribution in [0.25, 0.3) is 0 Å². The third-order valence-electron chi connectivity index (χ3n) is 8.69. The van der Waals surface area contributed by atoms with Crippen molar-refractivity contribution in [1.29, 1.82) is 0 Å². The van der Waals surface area contributed by atoms with Gasteiger partial charge in [0.05, 0.1) is 19.3 Å². The van der Waals surface area contributed by atoms with Crippen LogP contribution in [0.3, 0.4) is 0 Å². The summed E-state index contributed by atoms with van der Waals surface area (Å²) in [5.74, 6) is 0.464. The molecule has 30 heavy (non-hydrogen) atoms. The molecule has 0 bridgehead atoms. The topological polar surface area (TPSA) is 84.8 Å². The number of amides is 1. The van der Waals surface area contributed by atoms with Crippen molar-refractivity contribution in [1.82, 2.24) is 15.5 Å². The second-order valence-corrected chi connectivity index (χ2v) is 10.6. The molecule has 2 saturated carbocycles. The van der Waals surface area contributed by atoms with Gasteiger partial charge in [-0.1, -0.05) is 6.92 Å². The molecule has 4 rings (SSSR count). The molecule has 2 saturated heterocycles. The number of hydrogen-bond donors (Lipinski definition) is 4. The minimum Gasteiger partial charge on any atom is -0.396 e. The van der Waals surface area contributed by atoms with Gasteiger partial charge in [0, 0.05) is 29.5 Å². The number of rotatable bonds is 5. The van der Waals surface area contributed by atoms with Crippen LogP contribution in [-0.4, -0.2) is 77.7 Å². The van der Waals surface area contributed by atoms with Crippen molar-refractivity contribution in [3.05, 3.63) is 0 Å². The molecule has 7 heteroatoms. The van der Waals surface area contributed by atoms with Crippen LogP contribution in [0.5, 0.6) is 0 Å². The van der Waals surface area contributed by atoms with E-state index in [9.17, 15) is 19.4 Å². The zero-order chi connectivity index (χ0) is 21.3. The summed E-state index contributed by atoms with van der Waals surface area (Å²) in [7, 11) is 0. The SMILES string of the molecule is CC1CCC(F)C2CC(C(=O)NC3CCCC(N4CCC(CO)(CO)CC4)C3)NC12. The number of hydrogen-bond acceptors (Lipinski definition) is 5. The summed E-state index contributed by atoms with van der Waals surface area (Å²) in [5, 5.41) is 26.0. The van der Waals surface area contributed by atoms with Crippen molar-refractivity contribution >= 4 is 5.91 Å². The summed E-state index contributed by atoms with van der Waals surface area (Å²) in [4.78, 5) is 15.4. The first-order valence-electron chi connectivity index (χ1n) is 12.1. The highest BCUT2D eigenvalue weighted by Crippen LogP contribution is 2.39. The van der Waals surface area contributed by atoms with Crippen LogP contribution < -0.4 is 10.6 Å². The van der Waals surface area contributed by atoms with Gasteiger partial charge in [0.15, 0.2) is 0 Å². The maximum Gasteiger partial charge on any atom is 0.237 e. The van der Waals surface area contributed by atoms with Crippen molar-refractivity contribution < 1.29 is 19.4 Å². The van der Waals surface area contributed by atoms with Crippen molar-refractivity contribution in [3.63, 3.8) is 0 Å². The third kappa shape index (κ3) is 4.54. The van der Waals surface area contributed by atoms with E-state index >= 15 is 0 Å². The first-order chi connectivity index (χ1) is 14.4. The minimum atomic E-state index is -0.778. The lowest BCUT2D eigenvalue weighted by molar-refractivity contribution is -0.124. The zero-order valence-corrected chi connectivity index (χ0v) is 18.4. The molecule has 1 amide bonds. The molecular formula is C23H40FN3O3. The van der Waals surface area contributed by atoms with Crippen LogP contribution in [0, 0.1) is 17.3 Å². The predicted octanol–water partition coefficient (Wildman–Crippen LogP) is 1.60. The highest BCUT2D eigenvalue weighted by Gasteiger charge is 2.46. The molecule has 2 aliphatic carbocycles. The average molecular weight is 426 g/mol. The fourth-order valence-electron chi connectivity index (χ4n) is 6.46. The van der Waals surface area contributed by atoms with E-state index in [1.807, 2.05) is 0 Å². The molecule has 0 aromatic carbocycles. The number of nitrogens with zero attached hydrogens (tertiary/aromatic N) is 1. The molecule has 4 N–H and O–H groups in total. The van der Waals surface area contributed by atoms with Gasteiger partial charge in [0.1, 0.15) is 6.17 Å². The molecule has 0 aromatic rings. The maximum absolute atomic E-state index is 14.4. The Labute approximate surface area is 180 Å². The van der Waals surface area contributed by atoms with Gasteiger partial charge in [0.2, 0.25) is 5.91 Å². The second-order valence-electron chi connectivity index (χ2n) is 10.6. The van der Waals surface area contributed by atoms with Gasteiger partial charge in [-0.3, -0.25) is 4.79 Å². The van der Waals surface area contributed by atoms with Gasteiger partial charge < -0.3 is 25.7 Å². The molecular weight excluding hydrogens is 385 g/mol. The molecule has 4 aliphatic rings. The van der Waals surface area contributed by atoms with E-state index in [4.69, 9.17) is 0 Å². The summed E-state index contributed by atoms with van der Waals surface area (Å²) in [6, 6.07) is 0.509. The Morgan fingerprint density at radius 2 is 1.87 bits per heavy atom. The van der Waals surface area contributed by atoms with Crippen LogP contribution in [0.1, 0.15) is 64.7 Å². The number of aliphatic hydroxyl groups excluding tert-OH is 2. The number of halogens is 1. The highest BCUT2D eigenvalue weighted by atomic mass is 19.1. The zero-order valence-electron chi connectivity index (χ0n) is 18.4. The number of carbonyl (C=O) groups excluding carboxylic acids is 1. The van der Waals surface area contributed by atoms with Crippen molar-refractivity contribution in [2.75, 3.05) is 26.3 Å². The number of carbonyl (C=O) groups is 1. The van der Waals surface area contributed by atoms with Gasteiger partial charge in [-0.2, -0.15) is 0 Å². The molecule has 0 radical (unpaired) electrons. The Morgan fingerprint density at radius 1 is 1.13 bits per heavy atom. The normalized spacial score (nSPS) is 41.9.